The Bertz CT molecular complexity index is 1120. The van der Waals surface area contributed by atoms with Gasteiger partial charge in [0.15, 0.2) is 5.78 Å². The first kappa shape index (κ1) is 20.4. The maximum atomic E-state index is 13.5. The Labute approximate surface area is 185 Å². The highest BCUT2D eigenvalue weighted by Crippen LogP contribution is 2.35. The second kappa shape index (κ2) is 8.86. The maximum Gasteiger partial charge on any atom is 0.227 e. The summed E-state index contributed by atoms with van der Waals surface area (Å²) in [6.07, 6.45) is 0.640. The van der Waals surface area contributed by atoms with E-state index in [9.17, 15) is 9.59 Å². The van der Waals surface area contributed by atoms with Crippen molar-refractivity contribution in [1.29, 1.82) is 0 Å². The lowest BCUT2D eigenvalue weighted by molar-refractivity contribution is -0.128. The van der Waals surface area contributed by atoms with Crippen molar-refractivity contribution < 1.29 is 9.59 Å². The number of allylic oxidation sites excluding steroid dienone is 1. The molecular weight excluding hydrogens is 417 g/mol. The first-order chi connectivity index (χ1) is 14.5. The van der Waals surface area contributed by atoms with Gasteiger partial charge in [-0.05, 0) is 35.7 Å². The van der Waals surface area contributed by atoms with E-state index < -0.39 is 0 Å². The topological polar surface area (TPSA) is 37.4 Å². The summed E-state index contributed by atoms with van der Waals surface area (Å²) in [6.45, 7) is 0.398. The Kier molecular flexibility index (Phi) is 6.03. The molecule has 3 aromatic rings. The monoisotopic (exact) mass is 435 g/mol. The van der Waals surface area contributed by atoms with Gasteiger partial charge in [-0.15, -0.1) is 0 Å². The molecule has 0 N–H and O–H groups in total. The zero-order chi connectivity index (χ0) is 21.1. The van der Waals surface area contributed by atoms with Crippen LogP contribution in [0.5, 0.6) is 0 Å². The summed E-state index contributed by atoms with van der Waals surface area (Å²) >= 11 is 12.3. The zero-order valence-corrected chi connectivity index (χ0v) is 17.7. The molecule has 1 aliphatic rings. The van der Waals surface area contributed by atoms with Crippen molar-refractivity contribution in [2.75, 3.05) is 0 Å². The fourth-order valence-corrected chi connectivity index (χ4v) is 4.18. The lowest BCUT2D eigenvalue weighted by Gasteiger charge is -2.32. The lowest BCUT2D eigenvalue weighted by Crippen LogP contribution is -2.34. The molecule has 0 fully saturated rings. The van der Waals surface area contributed by atoms with Gasteiger partial charge in [-0.25, -0.2) is 0 Å². The number of benzene rings is 3. The SMILES string of the molecule is O=C(C1=C(c2ccccc2)N(Cc2ccccc2)C(=O)CC1)c1ccc(Cl)cc1Cl. The van der Waals surface area contributed by atoms with E-state index in [1.165, 1.54) is 0 Å². The third-order valence-corrected chi connectivity index (χ3v) is 5.67. The van der Waals surface area contributed by atoms with Crippen molar-refractivity contribution in [3.8, 4) is 0 Å². The van der Waals surface area contributed by atoms with Gasteiger partial charge in [-0.3, -0.25) is 9.59 Å². The molecule has 3 nitrogen and oxygen atoms in total. The van der Waals surface area contributed by atoms with Gasteiger partial charge in [0.25, 0.3) is 0 Å². The van der Waals surface area contributed by atoms with Crippen molar-refractivity contribution in [2.45, 2.75) is 19.4 Å². The molecule has 0 spiro atoms. The summed E-state index contributed by atoms with van der Waals surface area (Å²) in [6, 6.07) is 24.2. The Balaban J connectivity index is 1.85. The smallest absolute Gasteiger partial charge is 0.227 e. The minimum Gasteiger partial charge on any atom is -0.307 e. The molecule has 0 aromatic heterocycles. The summed E-state index contributed by atoms with van der Waals surface area (Å²) in [4.78, 5) is 28.1. The summed E-state index contributed by atoms with van der Waals surface area (Å²) in [5.41, 5.74) is 3.44. The molecule has 1 heterocycles. The Hall–Kier alpha value is -2.88. The molecule has 4 rings (SSSR count). The van der Waals surface area contributed by atoms with Gasteiger partial charge < -0.3 is 4.90 Å². The van der Waals surface area contributed by atoms with E-state index in [0.717, 1.165) is 11.1 Å². The third kappa shape index (κ3) is 4.18. The Morgan fingerprint density at radius 1 is 0.867 bits per heavy atom. The van der Waals surface area contributed by atoms with E-state index in [1.807, 2.05) is 60.7 Å². The third-order valence-electron chi connectivity index (χ3n) is 5.13. The van der Waals surface area contributed by atoms with Crippen molar-refractivity contribution in [3.05, 3.63) is 111 Å². The minimum absolute atomic E-state index is 0.00328. The van der Waals surface area contributed by atoms with Crippen LogP contribution in [0.2, 0.25) is 10.0 Å². The molecule has 0 saturated heterocycles. The van der Waals surface area contributed by atoms with Crippen LogP contribution in [0.3, 0.4) is 0 Å². The van der Waals surface area contributed by atoms with Crippen LogP contribution >= 0.6 is 23.2 Å². The van der Waals surface area contributed by atoms with E-state index in [0.29, 0.717) is 39.8 Å². The van der Waals surface area contributed by atoms with Gasteiger partial charge in [-0.2, -0.15) is 0 Å². The predicted octanol–water partition coefficient (Wildman–Crippen LogP) is 6.41. The van der Waals surface area contributed by atoms with Gasteiger partial charge in [0.2, 0.25) is 5.91 Å². The van der Waals surface area contributed by atoms with Gasteiger partial charge in [0.05, 0.1) is 17.3 Å². The number of carbonyl (C=O) groups is 2. The number of nitrogens with zero attached hydrogens (tertiary/aromatic N) is 1. The van der Waals surface area contributed by atoms with E-state index in [1.54, 1.807) is 23.1 Å². The summed E-state index contributed by atoms with van der Waals surface area (Å²) in [7, 11) is 0. The molecule has 0 aliphatic carbocycles. The number of carbonyl (C=O) groups excluding carboxylic acids is 2. The van der Waals surface area contributed by atoms with Crippen molar-refractivity contribution in [3.63, 3.8) is 0 Å². The highest BCUT2D eigenvalue weighted by Gasteiger charge is 2.32. The number of amides is 1. The fraction of sp³-hybridized carbons (Fsp3) is 0.120. The largest absolute Gasteiger partial charge is 0.307 e. The summed E-state index contributed by atoms with van der Waals surface area (Å²) in [5.74, 6) is -0.183. The van der Waals surface area contributed by atoms with Crippen molar-refractivity contribution in [2.24, 2.45) is 0 Å². The van der Waals surface area contributed by atoms with Crippen LogP contribution in [0.4, 0.5) is 0 Å². The summed E-state index contributed by atoms with van der Waals surface area (Å²) < 4.78 is 0. The molecule has 0 radical (unpaired) electrons. The molecular formula is C25H19Cl2NO2. The number of Topliss-reactive ketones (excluding diaryl/α,β-unsaturated/α-hetero) is 1. The molecule has 0 bridgehead atoms. The first-order valence-corrected chi connectivity index (χ1v) is 10.4. The van der Waals surface area contributed by atoms with Crippen molar-refractivity contribution in [1.82, 2.24) is 4.90 Å². The Morgan fingerprint density at radius 3 is 2.20 bits per heavy atom. The summed E-state index contributed by atoms with van der Waals surface area (Å²) in [5, 5.41) is 0.775. The number of rotatable bonds is 5. The quantitative estimate of drug-likeness (QED) is 0.434. The van der Waals surface area contributed by atoms with Gasteiger partial charge >= 0.3 is 0 Å². The average Bonchev–Trinajstić information content (AvgIpc) is 2.76. The maximum absolute atomic E-state index is 13.5. The lowest BCUT2D eigenvalue weighted by atomic mass is 9.90. The van der Waals surface area contributed by atoms with E-state index >= 15 is 0 Å². The van der Waals surface area contributed by atoms with Gasteiger partial charge in [0.1, 0.15) is 0 Å². The second-order valence-corrected chi connectivity index (χ2v) is 7.96. The number of hydrogen-bond acceptors (Lipinski definition) is 2. The molecule has 0 saturated carbocycles. The van der Waals surface area contributed by atoms with Crippen molar-refractivity contribution >= 4 is 40.6 Å². The molecule has 0 atom stereocenters. The second-order valence-electron chi connectivity index (χ2n) is 7.11. The highest BCUT2D eigenvalue weighted by atomic mass is 35.5. The molecule has 3 aromatic carbocycles. The van der Waals surface area contributed by atoms with Gasteiger partial charge in [-0.1, -0.05) is 83.9 Å². The minimum atomic E-state index is -0.180. The molecule has 150 valence electrons. The van der Waals surface area contributed by atoms with Crippen LogP contribution in [-0.2, 0) is 11.3 Å². The van der Waals surface area contributed by atoms with E-state index in [-0.39, 0.29) is 18.1 Å². The number of hydrogen-bond donors (Lipinski definition) is 0. The van der Waals surface area contributed by atoms with Crippen LogP contribution in [0.15, 0.2) is 84.4 Å². The molecule has 0 unspecified atom stereocenters. The average molecular weight is 436 g/mol. The number of halogens is 2. The zero-order valence-electron chi connectivity index (χ0n) is 16.1. The van der Waals surface area contributed by atoms with Crippen LogP contribution in [0.1, 0.15) is 34.3 Å². The molecule has 1 amide bonds. The molecule has 1 aliphatic heterocycles. The molecule has 30 heavy (non-hydrogen) atoms. The highest BCUT2D eigenvalue weighted by molar-refractivity contribution is 6.37. The van der Waals surface area contributed by atoms with Crippen LogP contribution in [-0.4, -0.2) is 16.6 Å². The van der Waals surface area contributed by atoms with Crippen LogP contribution in [0, 0.1) is 0 Å². The van der Waals surface area contributed by atoms with E-state index in [4.69, 9.17) is 23.2 Å². The van der Waals surface area contributed by atoms with Crippen LogP contribution < -0.4 is 0 Å². The van der Waals surface area contributed by atoms with E-state index in [2.05, 4.69) is 0 Å². The number of ketones is 1. The molecule has 5 heteroatoms. The normalized spacial score (nSPS) is 14.2. The first-order valence-electron chi connectivity index (χ1n) is 9.67. The predicted molar refractivity (Wildman–Crippen MR) is 120 cm³/mol. The Morgan fingerprint density at radius 2 is 1.53 bits per heavy atom. The standard InChI is InChI=1S/C25H19Cl2NO2/c26-19-11-12-20(22(27)15-19)25(30)21-13-14-23(29)28(16-17-7-3-1-4-8-17)24(21)18-9-5-2-6-10-18/h1-12,15H,13-14,16H2. The van der Waals surface area contributed by atoms with Crippen LogP contribution in [0.25, 0.3) is 5.70 Å². The fourth-order valence-electron chi connectivity index (χ4n) is 3.69. The van der Waals surface area contributed by atoms with Gasteiger partial charge in [0, 0.05) is 22.6 Å².